The standard InChI is InChI=1S/C20H21ClFN3O3/c1-28-15-10-8-14(9-11-15)4-2-7-19(26)23-13-20(27)25-24-12-16-17(21)5-3-6-18(16)22/h3,5-6,8-12H,2,4,7,13H2,1H3,(H,23,26)(H,25,27)/b24-12+. The summed E-state index contributed by atoms with van der Waals surface area (Å²) in [5.41, 5.74) is 3.39. The molecule has 2 aromatic rings. The van der Waals surface area contributed by atoms with E-state index < -0.39 is 11.7 Å². The van der Waals surface area contributed by atoms with Crippen molar-refractivity contribution in [3.05, 3.63) is 64.4 Å². The summed E-state index contributed by atoms with van der Waals surface area (Å²) >= 11 is 5.85. The Kier molecular flexibility index (Phi) is 8.42. The second-order valence-corrected chi connectivity index (χ2v) is 6.31. The van der Waals surface area contributed by atoms with Crippen LogP contribution in [0.4, 0.5) is 4.39 Å². The fourth-order valence-corrected chi connectivity index (χ4v) is 2.57. The summed E-state index contributed by atoms with van der Waals surface area (Å²) in [6, 6.07) is 11.9. The van der Waals surface area contributed by atoms with Gasteiger partial charge < -0.3 is 10.1 Å². The molecule has 0 atom stereocenters. The molecule has 2 aromatic carbocycles. The Hall–Kier alpha value is -2.93. The Morgan fingerprint density at radius 2 is 1.93 bits per heavy atom. The predicted octanol–water partition coefficient (Wildman–Crippen LogP) is 3.08. The number of rotatable bonds is 9. The molecule has 2 rings (SSSR count). The first kappa shape index (κ1) is 21.4. The number of hydrogen-bond donors (Lipinski definition) is 2. The topological polar surface area (TPSA) is 79.8 Å². The molecule has 6 nitrogen and oxygen atoms in total. The first-order valence-electron chi connectivity index (χ1n) is 8.65. The molecule has 8 heteroatoms. The van der Waals surface area contributed by atoms with E-state index in [1.807, 2.05) is 24.3 Å². The molecule has 0 aromatic heterocycles. The summed E-state index contributed by atoms with van der Waals surface area (Å²) in [5, 5.41) is 6.34. The van der Waals surface area contributed by atoms with E-state index in [4.69, 9.17) is 16.3 Å². The van der Waals surface area contributed by atoms with Crippen molar-refractivity contribution in [3.8, 4) is 5.75 Å². The monoisotopic (exact) mass is 405 g/mol. The molecule has 0 aliphatic rings. The SMILES string of the molecule is COc1ccc(CCCC(=O)NCC(=O)N/N=C/c2c(F)cccc2Cl)cc1. The van der Waals surface area contributed by atoms with Gasteiger partial charge >= 0.3 is 0 Å². The maximum absolute atomic E-state index is 13.6. The van der Waals surface area contributed by atoms with Gasteiger partial charge in [0.25, 0.3) is 5.91 Å². The van der Waals surface area contributed by atoms with Crippen LogP contribution in [-0.4, -0.2) is 31.7 Å². The average molecular weight is 406 g/mol. The number of aryl methyl sites for hydroxylation is 1. The Labute approximate surface area is 167 Å². The van der Waals surface area contributed by atoms with Gasteiger partial charge in [-0.05, 0) is 42.7 Å². The molecular weight excluding hydrogens is 385 g/mol. The minimum absolute atomic E-state index is 0.0760. The van der Waals surface area contributed by atoms with Crippen LogP contribution in [0.2, 0.25) is 5.02 Å². The van der Waals surface area contributed by atoms with Gasteiger partial charge in [0.2, 0.25) is 5.91 Å². The van der Waals surface area contributed by atoms with E-state index in [1.165, 1.54) is 18.2 Å². The smallest absolute Gasteiger partial charge is 0.259 e. The Balaban J connectivity index is 1.66. The number of methoxy groups -OCH3 is 1. The van der Waals surface area contributed by atoms with Crippen LogP contribution >= 0.6 is 11.6 Å². The van der Waals surface area contributed by atoms with Gasteiger partial charge in [-0.25, -0.2) is 9.82 Å². The molecule has 0 fully saturated rings. The van der Waals surface area contributed by atoms with E-state index in [9.17, 15) is 14.0 Å². The quantitative estimate of drug-likeness (QED) is 0.497. The lowest BCUT2D eigenvalue weighted by molar-refractivity contribution is -0.126. The maximum Gasteiger partial charge on any atom is 0.259 e. The van der Waals surface area contributed by atoms with E-state index in [2.05, 4.69) is 15.8 Å². The van der Waals surface area contributed by atoms with Crippen LogP contribution in [0.3, 0.4) is 0 Å². The summed E-state index contributed by atoms with van der Waals surface area (Å²) in [7, 11) is 1.61. The molecular formula is C20H21ClFN3O3. The molecule has 0 aliphatic heterocycles. The minimum Gasteiger partial charge on any atom is -0.497 e. The van der Waals surface area contributed by atoms with E-state index in [0.29, 0.717) is 12.8 Å². The van der Waals surface area contributed by atoms with Crippen molar-refractivity contribution < 1.29 is 18.7 Å². The summed E-state index contributed by atoms with van der Waals surface area (Å²) in [5.74, 6) is -0.514. The number of carbonyl (C=O) groups is 2. The minimum atomic E-state index is -0.546. The van der Waals surface area contributed by atoms with E-state index >= 15 is 0 Å². The molecule has 28 heavy (non-hydrogen) atoms. The third-order valence-corrected chi connectivity index (χ3v) is 4.19. The highest BCUT2D eigenvalue weighted by atomic mass is 35.5. The lowest BCUT2D eigenvalue weighted by Crippen LogP contribution is -2.34. The van der Waals surface area contributed by atoms with Crippen molar-refractivity contribution in [2.45, 2.75) is 19.3 Å². The number of nitrogens with zero attached hydrogens (tertiary/aromatic N) is 1. The summed E-state index contributed by atoms with van der Waals surface area (Å²) in [6.07, 6.45) is 2.82. The van der Waals surface area contributed by atoms with Gasteiger partial charge in [0.15, 0.2) is 0 Å². The van der Waals surface area contributed by atoms with Crippen molar-refractivity contribution in [1.82, 2.24) is 10.7 Å². The van der Waals surface area contributed by atoms with Crippen molar-refractivity contribution in [1.29, 1.82) is 0 Å². The van der Waals surface area contributed by atoms with Crippen LogP contribution in [0.15, 0.2) is 47.6 Å². The molecule has 0 spiro atoms. The van der Waals surface area contributed by atoms with Gasteiger partial charge in [0, 0.05) is 12.0 Å². The van der Waals surface area contributed by atoms with Gasteiger partial charge in [-0.15, -0.1) is 0 Å². The fourth-order valence-electron chi connectivity index (χ4n) is 2.35. The van der Waals surface area contributed by atoms with E-state index in [-0.39, 0.29) is 23.0 Å². The molecule has 0 bridgehead atoms. The van der Waals surface area contributed by atoms with Crippen LogP contribution in [-0.2, 0) is 16.0 Å². The first-order valence-corrected chi connectivity index (χ1v) is 9.03. The second kappa shape index (κ2) is 11.0. The van der Waals surface area contributed by atoms with Gasteiger partial charge in [0.1, 0.15) is 11.6 Å². The lowest BCUT2D eigenvalue weighted by atomic mass is 10.1. The van der Waals surface area contributed by atoms with E-state index in [1.54, 1.807) is 7.11 Å². The highest BCUT2D eigenvalue weighted by molar-refractivity contribution is 6.33. The van der Waals surface area contributed by atoms with E-state index in [0.717, 1.165) is 23.9 Å². The highest BCUT2D eigenvalue weighted by Crippen LogP contribution is 2.16. The molecule has 0 heterocycles. The number of hydrazone groups is 1. The third-order valence-electron chi connectivity index (χ3n) is 3.86. The van der Waals surface area contributed by atoms with Gasteiger partial charge in [0.05, 0.1) is 24.9 Å². The maximum atomic E-state index is 13.6. The van der Waals surface area contributed by atoms with Crippen molar-refractivity contribution in [2.75, 3.05) is 13.7 Å². The molecule has 0 saturated heterocycles. The normalized spacial score (nSPS) is 10.7. The Morgan fingerprint density at radius 1 is 1.18 bits per heavy atom. The number of ether oxygens (including phenoxy) is 1. The molecule has 148 valence electrons. The second-order valence-electron chi connectivity index (χ2n) is 5.91. The number of amides is 2. The number of benzene rings is 2. The summed E-state index contributed by atoms with van der Waals surface area (Å²) < 4.78 is 18.7. The van der Waals surface area contributed by atoms with Crippen molar-refractivity contribution >= 4 is 29.6 Å². The van der Waals surface area contributed by atoms with Crippen molar-refractivity contribution in [3.63, 3.8) is 0 Å². The van der Waals surface area contributed by atoms with Gasteiger partial charge in [-0.2, -0.15) is 5.10 Å². The zero-order valence-electron chi connectivity index (χ0n) is 15.4. The predicted molar refractivity (Wildman–Crippen MR) is 106 cm³/mol. The van der Waals surface area contributed by atoms with Gasteiger partial charge in [-0.3, -0.25) is 9.59 Å². The van der Waals surface area contributed by atoms with Crippen molar-refractivity contribution in [2.24, 2.45) is 5.10 Å². The van der Waals surface area contributed by atoms with Gasteiger partial charge in [-0.1, -0.05) is 29.8 Å². The summed E-state index contributed by atoms with van der Waals surface area (Å²) in [6.45, 7) is -0.219. The van der Waals surface area contributed by atoms with Crippen LogP contribution in [0.5, 0.6) is 5.75 Å². The molecule has 0 unspecified atom stereocenters. The number of hydrogen-bond acceptors (Lipinski definition) is 4. The van der Waals surface area contributed by atoms with Crippen LogP contribution < -0.4 is 15.5 Å². The first-order chi connectivity index (χ1) is 13.5. The largest absolute Gasteiger partial charge is 0.497 e. The average Bonchev–Trinajstić information content (AvgIpc) is 2.69. The Bertz CT molecular complexity index is 821. The van der Waals surface area contributed by atoms with Crippen LogP contribution in [0, 0.1) is 5.82 Å². The summed E-state index contributed by atoms with van der Waals surface area (Å²) in [4.78, 5) is 23.5. The number of carbonyl (C=O) groups excluding carboxylic acids is 2. The molecule has 0 radical (unpaired) electrons. The molecule has 2 amide bonds. The molecule has 0 saturated carbocycles. The number of nitrogens with one attached hydrogen (secondary N) is 2. The lowest BCUT2D eigenvalue weighted by Gasteiger charge is -2.05. The Morgan fingerprint density at radius 3 is 2.61 bits per heavy atom. The highest BCUT2D eigenvalue weighted by Gasteiger charge is 2.06. The number of halogens is 2. The molecule has 2 N–H and O–H groups in total. The zero-order valence-corrected chi connectivity index (χ0v) is 16.1. The van der Waals surface area contributed by atoms with Crippen LogP contribution in [0.1, 0.15) is 24.0 Å². The molecule has 0 aliphatic carbocycles. The third kappa shape index (κ3) is 7.00. The fraction of sp³-hybridized carbons (Fsp3) is 0.250. The zero-order chi connectivity index (χ0) is 20.4. The van der Waals surface area contributed by atoms with Crippen LogP contribution in [0.25, 0.3) is 0 Å².